The number of alkyl halides is 1. The Hall–Kier alpha value is -0.710. The van der Waals surface area contributed by atoms with E-state index in [1.54, 1.807) is 14.2 Å². The highest BCUT2D eigenvalue weighted by Crippen LogP contribution is 2.43. The van der Waals surface area contributed by atoms with Gasteiger partial charge in [-0.3, -0.25) is 0 Å². The van der Waals surface area contributed by atoms with Crippen molar-refractivity contribution >= 4 is 43.5 Å². The lowest BCUT2D eigenvalue weighted by Crippen LogP contribution is -1.99. The Morgan fingerprint density at radius 3 is 2.15 bits per heavy atom. The van der Waals surface area contributed by atoms with Crippen LogP contribution in [-0.2, 0) is 0 Å². The average Bonchev–Trinajstić information content (AvgIpc) is 2.47. The van der Waals surface area contributed by atoms with E-state index in [2.05, 4.69) is 31.9 Å². The standard InChI is InChI=1S/C15H13Br2ClO2/c1-19-12-8-7-11(15(20-2)13(12)17)14(18)9-3-5-10(16)6-4-9/h3-8,14H,1-2H3. The number of rotatable bonds is 4. The van der Waals surface area contributed by atoms with Crippen LogP contribution >= 0.6 is 43.5 Å². The molecule has 0 saturated carbocycles. The highest BCUT2D eigenvalue weighted by atomic mass is 79.9. The molecule has 106 valence electrons. The molecule has 0 radical (unpaired) electrons. The fourth-order valence-electron chi connectivity index (χ4n) is 1.93. The molecule has 0 aromatic heterocycles. The number of ether oxygens (including phenoxy) is 2. The minimum Gasteiger partial charge on any atom is -0.495 e. The Labute approximate surface area is 140 Å². The highest BCUT2D eigenvalue weighted by Gasteiger charge is 2.20. The molecule has 5 heteroatoms. The van der Waals surface area contributed by atoms with Crippen LogP contribution in [0.1, 0.15) is 16.5 Å². The van der Waals surface area contributed by atoms with E-state index in [4.69, 9.17) is 21.1 Å². The van der Waals surface area contributed by atoms with Crippen molar-refractivity contribution in [2.75, 3.05) is 14.2 Å². The molecule has 2 nitrogen and oxygen atoms in total. The molecule has 0 amide bonds. The molecule has 0 heterocycles. The van der Waals surface area contributed by atoms with Gasteiger partial charge in [0, 0.05) is 10.0 Å². The molecule has 0 saturated heterocycles. The number of benzene rings is 2. The summed E-state index contributed by atoms with van der Waals surface area (Å²) in [7, 11) is 3.24. The van der Waals surface area contributed by atoms with Crippen molar-refractivity contribution in [2.24, 2.45) is 0 Å². The summed E-state index contributed by atoms with van der Waals surface area (Å²) in [5.74, 6) is 1.40. The molecule has 2 aromatic carbocycles. The van der Waals surface area contributed by atoms with Gasteiger partial charge in [-0.15, -0.1) is 11.6 Å². The van der Waals surface area contributed by atoms with Crippen LogP contribution in [0.15, 0.2) is 45.3 Å². The minimum atomic E-state index is -0.291. The lowest BCUT2D eigenvalue weighted by atomic mass is 10.0. The first-order chi connectivity index (χ1) is 9.58. The fraction of sp³-hybridized carbons (Fsp3) is 0.200. The van der Waals surface area contributed by atoms with Crippen LogP contribution in [0.4, 0.5) is 0 Å². The molecule has 1 unspecified atom stereocenters. The van der Waals surface area contributed by atoms with E-state index >= 15 is 0 Å². The van der Waals surface area contributed by atoms with Gasteiger partial charge < -0.3 is 9.47 Å². The van der Waals surface area contributed by atoms with E-state index < -0.39 is 0 Å². The van der Waals surface area contributed by atoms with Gasteiger partial charge in [0.05, 0.1) is 19.6 Å². The van der Waals surface area contributed by atoms with Crippen molar-refractivity contribution in [1.29, 1.82) is 0 Å². The molecule has 0 N–H and O–H groups in total. The second kappa shape index (κ2) is 6.83. The Bertz CT molecular complexity index is 600. The lowest BCUT2D eigenvalue weighted by molar-refractivity contribution is 0.386. The third-order valence-electron chi connectivity index (χ3n) is 2.95. The molecule has 0 aliphatic rings. The predicted octanol–water partition coefficient (Wildman–Crippen LogP) is 5.56. The third-order valence-corrected chi connectivity index (χ3v) is 4.72. The smallest absolute Gasteiger partial charge is 0.141 e. The normalized spacial score (nSPS) is 12.1. The van der Waals surface area contributed by atoms with Gasteiger partial charge in [-0.05, 0) is 45.8 Å². The molecule has 0 fully saturated rings. The van der Waals surface area contributed by atoms with Crippen LogP contribution in [0, 0.1) is 0 Å². The zero-order chi connectivity index (χ0) is 14.7. The zero-order valence-electron chi connectivity index (χ0n) is 11.0. The van der Waals surface area contributed by atoms with Gasteiger partial charge in [0.1, 0.15) is 16.0 Å². The second-order valence-electron chi connectivity index (χ2n) is 4.12. The third kappa shape index (κ3) is 3.13. The first-order valence-electron chi connectivity index (χ1n) is 5.88. The van der Waals surface area contributed by atoms with Crippen LogP contribution in [0.2, 0.25) is 0 Å². The van der Waals surface area contributed by atoms with Crippen molar-refractivity contribution in [2.45, 2.75) is 5.38 Å². The van der Waals surface area contributed by atoms with Crippen LogP contribution < -0.4 is 9.47 Å². The van der Waals surface area contributed by atoms with Crippen molar-refractivity contribution < 1.29 is 9.47 Å². The van der Waals surface area contributed by atoms with E-state index in [0.717, 1.165) is 20.1 Å². The van der Waals surface area contributed by atoms with Gasteiger partial charge >= 0.3 is 0 Å². The Kier molecular flexibility index (Phi) is 5.35. The van der Waals surface area contributed by atoms with Crippen LogP contribution in [0.3, 0.4) is 0 Å². The monoisotopic (exact) mass is 418 g/mol. The molecule has 20 heavy (non-hydrogen) atoms. The van der Waals surface area contributed by atoms with E-state index in [1.165, 1.54) is 0 Å². The van der Waals surface area contributed by atoms with E-state index in [-0.39, 0.29) is 5.38 Å². The largest absolute Gasteiger partial charge is 0.495 e. The summed E-state index contributed by atoms with van der Waals surface area (Å²) in [6.45, 7) is 0. The van der Waals surface area contributed by atoms with E-state index in [0.29, 0.717) is 11.5 Å². The second-order valence-corrected chi connectivity index (χ2v) is 6.26. The van der Waals surface area contributed by atoms with Crippen molar-refractivity contribution in [3.05, 3.63) is 56.5 Å². The van der Waals surface area contributed by atoms with Gasteiger partial charge in [-0.1, -0.05) is 28.1 Å². The average molecular weight is 421 g/mol. The highest BCUT2D eigenvalue weighted by molar-refractivity contribution is 9.11. The first kappa shape index (κ1) is 15.7. The quantitative estimate of drug-likeness (QED) is 0.603. The molecule has 0 bridgehead atoms. The predicted molar refractivity (Wildman–Crippen MR) is 89.1 cm³/mol. The lowest BCUT2D eigenvalue weighted by Gasteiger charge is -2.17. The fourth-order valence-corrected chi connectivity index (χ4v) is 3.20. The van der Waals surface area contributed by atoms with Crippen molar-refractivity contribution in [3.8, 4) is 11.5 Å². The maximum absolute atomic E-state index is 6.58. The summed E-state index contributed by atoms with van der Waals surface area (Å²) in [6.07, 6.45) is 0. The first-order valence-corrected chi connectivity index (χ1v) is 7.90. The Balaban J connectivity index is 2.46. The maximum atomic E-state index is 6.58. The summed E-state index contributed by atoms with van der Waals surface area (Å²) in [6, 6.07) is 11.7. The Morgan fingerprint density at radius 2 is 1.60 bits per heavy atom. The van der Waals surface area contributed by atoms with Gasteiger partial charge in [0.25, 0.3) is 0 Å². The Morgan fingerprint density at radius 1 is 0.950 bits per heavy atom. The van der Waals surface area contributed by atoms with Gasteiger partial charge in [0.15, 0.2) is 0 Å². The van der Waals surface area contributed by atoms with Gasteiger partial charge in [0.2, 0.25) is 0 Å². The molecular formula is C15H13Br2ClO2. The molecule has 2 aromatic rings. The van der Waals surface area contributed by atoms with Gasteiger partial charge in [-0.25, -0.2) is 0 Å². The maximum Gasteiger partial charge on any atom is 0.141 e. The number of halogens is 3. The van der Waals surface area contributed by atoms with Crippen molar-refractivity contribution in [1.82, 2.24) is 0 Å². The minimum absolute atomic E-state index is 0.291. The summed E-state index contributed by atoms with van der Waals surface area (Å²) in [4.78, 5) is 0. The van der Waals surface area contributed by atoms with Crippen LogP contribution in [0.5, 0.6) is 11.5 Å². The van der Waals surface area contributed by atoms with Crippen LogP contribution in [-0.4, -0.2) is 14.2 Å². The molecule has 1 atom stereocenters. The molecule has 2 rings (SSSR count). The summed E-state index contributed by atoms with van der Waals surface area (Å²) in [5, 5.41) is -0.291. The van der Waals surface area contributed by atoms with Crippen molar-refractivity contribution in [3.63, 3.8) is 0 Å². The number of hydrogen-bond acceptors (Lipinski definition) is 2. The summed E-state index contributed by atoms with van der Waals surface area (Å²) >= 11 is 13.5. The molecular weight excluding hydrogens is 407 g/mol. The van der Waals surface area contributed by atoms with E-state index in [1.807, 2.05) is 36.4 Å². The molecule has 0 aliphatic carbocycles. The molecule has 0 aliphatic heterocycles. The molecule has 0 spiro atoms. The van der Waals surface area contributed by atoms with Gasteiger partial charge in [-0.2, -0.15) is 0 Å². The topological polar surface area (TPSA) is 18.5 Å². The zero-order valence-corrected chi connectivity index (χ0v) is 14.9. The number of methoxy groups -OCH3 is 2. The van der Waals surface area contributed by atoms with E-state index in [9.17, 15) is 0 Å². The number of hydrogen-bond donors (Lipinski definition) is 0. The SMILES string of the molecule is COc1ccc(C(Cl)c2ccc(Br)cc2)c(OC)c1Br. The summed E-state index contributed by atoms with van der Waals surface area (Å²) < 4.78 is 12.5. The summed E-state index contributed by atoms with van der Waals surface area (Å²) in [5.41, 5.74) is 1.90. The van der Waals surface area contributed by atoms with Crippen LogP contribution in [0.25, 0.3) is 0 Å².